The number of hydrogen-bond donors (Lipinski definition) is 2. The van der Waals surface area contributed by atoms with Crippen molar-refractivity contribution in [2.45, 2.75) is 6.42 Å². The van der Waals surface area contributed by atoms with Crippen LogP contribution in [0.15, 0.2) is 60.2 Å². The minimum absolute atomic E-state index is 0.168. The van der Waals surface area contributed by atoms with Crippen LogP contribution in [-0.2, 0) is 4.79 Å². The summed E-state index contributed by atoms with van der Waals surface area (Å²) in [6.07, 6.45) is 3.31. The highest BCUT2D eigenvalue weighted by Gasteiger charge is 2.08. The average Bonchev–Trinajstić information content (AvgIpc) is 3.18. The molecule has 0 unspecified atom stereocenters. The minimum atomic E-state index is -0.206. The highest BCUT2D eigenvalue weighted by Crippen LogP contribution is 2.14. The van der Waals surface area contributed by atoms with Crippen LogP contribution in [0, 0.1) is 0 Å². The number of nitrogens with zero attached hydrogens (tertiary/aromatic N) is 2. The van der Waals surface area contributed by atoms with Gasteiger partial charge in [-0.2, -0.15) is 0 Å². The van der Waals surface area contributed by atoms with Crippen LogP contribution < -0.4 is 10.6 Å². The summed E-state index contributed by atoms with van der Waals surface area (Å²) < 4.78 is 0. The van der Waals surface area contributed by atoms with Crippen molar-refractivity contribution in [3.05, 3.63) is 65.1 Å². The summed E-state index contributed by atoms with van der Waals surface area (Å²) in [6, 6.07) is 13.2. The van der Waals surface area contributed by atoms with Crippen LogP contribution in [0.5, 0.6) is 0 Å². The van der Waals surface area contributed by atoms with Crippen molar-refractivity contribution in [1.82, 2.24) is 15.3 Å². The largest absolute Gasteiger partial charge is 0.351 e. The van der Waals surface area contributed by atoms with Crippen molar-refractivity contribution in [3.8, 4) is 11.4 Å². The Morgan fingerprint density at radius 1 is 1.00 bits per heavy atom. The summed E-state index contributed by atoms with van der Waals surface area (Å²) in [5.41, 5.74) is 1.44. The Balaban J connectivity index is 1.47. The van der Waals surface area contributed by atoms with Crippen LogP contribution in [0.4, 0.5) is 5.69 Å². The third-order valence-electron chi connectivity index (χ3n) is 3.35. The zero-order valence-electron chi connectivity index (χ0n) is 13.3. The summed E-state index contributed by atoms with van der Waals surface area (Å²) in [4.78, 5) is 32.8. The molecule has 126 valence electrons. The molecule has 2 amide bonds. The molecule has 0 aliphatic heterocycles. The maximum atomic E-state index is 11.9. The Hall–Kier alpha value is -3.06. The fraction of sp³-hybridized carbons (Fsp3) is 0.111. The molecule has 0 aliphatic carbocycles. The molecule has 0 aliphatic rings. The fourth-order valence-electron chi connectivity index (χ4n) is 2.14. The van der Waals surface area contributed by atoms with E-state index in [2.05, 4.69) is 20.6 Å². The van der Waals surface area contributed by atoms with E-state index in [-0.39, 0.29) is 24.8 Å². The Morgan fingerprint density at radius 2 is 1.76 bits per heavy atom. The van der Waals surface area contributed by atoms with E-state index in [0.717, 1.165) is 5.56 Å². The van der Waals surface area contributed by atoms with Gasteiger partial charge in [-0.15, -0.1) is 11.3 Å². The Labute approximate surface area is 149 Å². The number of carbonyl (C=O) groups excluding carboxylic acids is 2. The lowest BCUT2D eigenvalue weighted by Gasteiger charge is -2.06. The number of benzene rings is 1. The van der Waals surface area contributed by atoms with E-state index in [1.54, 1.807) is 18.5 Å². The third-order valence-corrected chi connectivity index (χ3v) is 4.22. The molecule has 7 heteroatoms. The second-order valence-electron chi connectivity index (χ2n) is 5.19. The molecule has 3 aromatic rings. The lowest BCUT2D eigenvalue weighted by molar-refractivity contribution is -0.116. The van der Waals surface area contributed by atoms with Gasteiger partial charge in [-0.1, -0.05) is 36.4 Å². The number of carbonyl (C=O) groups is 2. The topological polar surface area (TPSA) is 84.0 Å². The van der Waals surface area contributed by atoms with Gasteiger partial charge in [0.05, 0.1) is 23.0 Å². The first-order valence-electron chi connectivity index (χ1n) is 7.71. The van der Waals surface area contributed by atoms with Crippen molar-refractivity contribution in [2.24, 2.45) is 0 Å². The van der Waals surface area contributed by atoms with E-state index < -0.39 is 0 Å². The van der Waals surface area contributed by atoms with Crippen molar-refractivity contribution in [1.29, 1.82) is 0 Å². The number of thiophene rings is 1. The van der Waals surface area contributed by atoms with Crippen LogP contribution in [0.25, 0.3) is 11.4 Å². The van der Waals surface area contributed by atoms with Crippen molar-refractivity contribution in [3.63, 3.8) is 0 Å². The van der Waals surface area contributed by atoms with Gasteiger partial charge in [0.15, 0.2) is 5.82 Å². The molecular weight excluding hydrogens is 336 g/mol. The maximum Gasteiger partial charge on any atom is 0.261 e. The number of anilines is 1. The molecule has 2 aromatic heterocycles. The van der Waals surface area contributed by atoms with Gasteiger partial charge < -0.3 is 10.6 Å². The number of nitrogens with one attached hydrogen (secondary N) is 2. The van der Waals surface area contributed by atoms with Crippen LogP contribution in [0.2, 0.25) is 0 Å². The molecule has 25 heavy (non-hydrogen) atoms. The lowest BCUT2D eigenvalue weighted by atomic mass is 10.2. The predicted molar refractivity (Wildman–Crippen MR) is 97.4 cm³/mol. The van der Waals surface area contributed by atoms with E-state index in [1.165, 1.54) is 11.3 Å². The molecule has 0 radical (unpaired) electrons. The van der Waals surface area contributed by atoms with E-state index in [4.69, 9.17) is 0 Å². The Bertz CT molecular complexity index is 833. The first-order chi connectivity index (χ1) is 12.2. The van der Waals surface area contributed by atoms with Gasteiger partial charge in [0.2, 0.25) is 5.91 Å². The molecule has 0 saturated carbocycles. The van der Waals surface area contributed by atoms with E-state index in [0.29, 0.717) is 16.4 Å². The number of aromatic nitrogens is 2. The Kier molecular flexibility index (Phi) is 5.48. The molecule has 2 heterocycles. The monoisotopic (exact) mass is 352 g/mol. The van der Waals surface area contributed by atoms with E-state index >= 15 is 0 Å². The minimum Gasteiger partial charge on any atom is -0.351 e. The molecule has 0 saturated heterocycles. The number of amides is 2. The van der Waals surface area contributed by atoms with Crippen LogP contribution >= 0.6 is 11.3 Å². The summed E-state index contributed by atoms with van der Waals surface area (Å²) in [6.45, 7) is 0.269. The van der Waals surface area contributed by atoms with Crippen molar-refractivity contribution in [2.75, 3.05) is 11.9 Å². The van der Waals surface area contributed by atoms with Gasteiger partial charge >= 0.3 is 0 Å². The highest BCUT2D eigenvalue weighted by molar-refractivity contribution is 7.12. The van der Waals surface area contributed by atoms with Crippen molar-refractivity contribution < 1.29 is 9.59 Å². The highest BCUT2D eigenvalue weighted by atomic mass is 32.1. The van der Waals surface area contributed by atoms with Crippen molar-refractivity contribution >= 4 is 28.8 Å². The quantitative estimate of drug-likeness (QED) is 0.714. The van der Waals surface area contributed by atoms with Gasteiger partial charge in [-0.25, -0.2) is 9.97 Å². The first kappa shape index (κ1) is 16.8. The van der Waals surface area contributed by atoms with E-state index in [1.807, 2.05) is 41.8 Å². The zero-order valence-corrected chi connectivity index (χ0v) is 14.1. The standard InChI is InChI=1S/C18H16N4O2S/c23-16(8-9-19-18(24)15-7-4-10-25-15)22-14-11-20-17(21-12-14)13-5-2-1-3-6-13/h1-7,10-12H,8-9H2,(H,19,24)(H,22,23). The molecule has 0 atom stereocenters. The van der Waals surface area contributed by atoms with Crippen LogP contribution in [0.3, 0.4) is 0 Å². The summed E-state index contributed by atoms with van der Waals surface area (Å²) in [5.74, 6) is 0.225. The molecule has 2 N–H and O–H groups in total. The summed E-state index contributed by atoms with van der Waals surface area (Å²) in [5, 5.41) is 7.26. The average molecular weight is 352 g/mol. The first-order valence-corrected chi connectivity index (χ1v) is 8.59. The Morgan fingerprint density at radius 3 is 2.44 bits per heavy atom. The van der Waals surface area contributed by atoms with E-state index in [9.17, 15) is 9.59 Å². The molecule has 6 nitrogen and oxygen atoms in total. The molecular formula is C18H16N4O2S. The van der Waals surface area contributed by atoms with Gasteiger partial charge in [0.25, 0.3) is 5.91 Å². The zero-order chi connectivity index (χ0) is 17.5. The summed E-state index contributed by atoms with van der Waals surface area (Å²) in [7, 11) is 0. The number of hydrogen-bond acceptors (Lipinski definition) is 5. The third kappa shape index (κ3) is 4.71. The molecule has 3 rings (SSSR count). The molecule has 0 fully saturated rings. The second kappa shape index (κ2) is 8.16. The maximum absolute atomic E-state index is 11.9. The fourth-order valence-corrected chi connectivity index (χ4v) is 2.78. The SMILES string of the molecule is O=C(CCNC(=O)c1cccs1)Nc1cnc(-c2ccccc2)nc1. The van der Waals surface area contributed by atoms with Gasteiger partial charge in [-0.3, -0.25) is 9.59 Å². The predicted octanol–water partition coefficient (Wildman–Crippen LogP) is 2.96. The number of rotatable bonds is 6. The lowest BCUT2D eigenvalue weighted by Crippen LogP contribution is -2.27. The van der Waals surface area contributed by atoms with Crippen LogP contribution in [0.1, 0.15) is 16.1 Å². The molecule has 0 spiro atoms. The van der Waals surface area contributed by atoms with Crippen LogP contribution in [-0.4, -0.2) is 28.3 Å². The van der Waals surface area contributed by atoms with Gasteiger partial charge in [0.1, 0.15) is 0 Å². The molecule has 0 bridgehead atoms. The molecule has 1 aromatic carbocycles. The smallest absolute Gasteiger partial charge is 0.261 e. The van der Waals surface area contributed by atoms with Gasteiger partial charge in [0, 0.05) is 18.5 Å². The normalized spacial score (nSPS) is 10.2. The van der Waals surface area contributed by atoms with Gasteiger partial charge in [-0.05, 0) is 11.4 Å². The summed E-state index contributed by atoms with van der Waals surface area (Å²) >= 11 is 1.36. The second-order valence-corrected chi connectivity index (χ2v) is 6.14.